The van der Waals surface area contributed by atoms with E-state index in [0.29, 0.717) is 0 Å². The molecule has 0 radical (unpaired) electrons. The highest BCUT2D eigenvalue weighted by molar-refractivity contribution is 5.23. The minimum atomic E-state index is 0.804. The highest BCUT2D eigenvalue weighted by Gasteiger charge is 2.26. The Bertz CT molecular complexity index is 159. The lowest BCUT2D eigenvalue weighted by Crippen LogP contribution is -2.26. The van der Waals surface area contributed by atoms with Gasteiger partial charge >= 0.3 is 0 Å². The molecule has 1 nitrogen and oxygen atoms in total. The van der Waals surface area contributed by atoms with E-state index in [4.69, 9.17) is 0 Å². The molecule has 0 aromatic heterocycles. The lowest BCUT2D eigenvalue weighted by Gasteiger charge is -2.33. The monoisotopic (exact) mass is 195 g/mol. The average molecular weight is 195 g/mol. The summed E-state index contributed by atoms with van der Waals surface area (Å²) in [5, 5.41) is 0. The molecule has 0 heterocycles. The van der Waals surface area contributed by atoms with Crippen LogP contribution in [0.1, 0.15) is 52.4 Å². The standard InChI is InChI=1S/C13H25N/c1-4-11(2)13(10-14-3)12-8-6-5-7-9-12/h11-13H,3-10H2,1-2H3/t11-,13?/m1/s1. The van der Waals surface area contributed by atoms with E-state index in [0.717, 1.165) is 24.3 Å². The second-order valence-electron chi connectivity index (χ2n) is 4.85. The fourth-order valence-electron chi connectivity index (χ4n) is 2.81. The van der Waals surface area contributed by atoms with E-state index in [1.807, 2.05) is 0 Å². The van der Waals surface area contributed by atoms with Crippen molar-refractivity contribution >= 4 is 6.72 Å². The van der Waals surface area contributed by atoms with Crippen LogP contribution in [-0.4, -0.2) is 13.3 Å². The first-order valence-electron chi connectivity index (χ1n) is 6.22. The largest absolute Gasteiger partial charge is 0.301 e. The maximum absolute atomic E-state index is 4.13. The molecular formula is C13H25N. The molecule has 0 amide bonds. The molecule has 1 fully saturated rings. The van der Waals surface area contributed by atoms with Gasteiger partial charge in [-0.1, -0.05) is 52.4 Å². The van der Waals surface area contributed by atoms with Crippen LogP contribution in [-0.2, 0) is 0 Å². The van der Waals surface area contributed by atoms with Crippen molar-refractivity contribution in [2.75, 3.05) is 6.54 Å². The van der Waals surface area contributed by atoms with Crippen molar-refractivity contribution in [1.82, 2.24) is 0 Å². The van der Waals surface area contributed by atoms with E-state index < -0.39 is 0 Å². The van der Waals surface area contributed by atoms with Crippen LogP contribution in [0.15, 0.2) is 4.99 Å². The van der Waals surface area contributed by atoms with Crippen molar-refractivity contribution in [2.45, 2.75) is 52.4 Å². The number of rotatable bonds is 5. The van der Waals surface area contributed by atoms with Crippen LogP contribution >= 0.6 is 0 Å². The molecule has 0 saturated heterocycles. The third-order valence-corrected chi connectivity index (χ3v) is 3.97. The summed E-state index contributed by atoms with van der Waals surface area (Å²) in [5.74, 6) is 2.56. The number of hydrogen-bond donors (Lipinski definition) is 0. The van der Waals surface area contributed by atoms with E-state index in [2.05, 4.69) is 25.6 Å². The molecule has 1 aliphatic rings. The topological polar surface area (TPSA) is 12.4 Å². The zero-order chi connectivity index (χ0) is 10.4. The van der Waals surface area contributed by atoms with Gasteiger partial charge in [-0.2, -0.15) is 0 Å². The summed E-state index contributed by atoms with van der Waals surface area (Å²) in [7, 11) is 0. The van der Waals surface area contributed by atoms with E-state index >= 15 is 0 Å². The molecule has 1 rings (SSSR count). The second-order valence-corrected chi connectivity index (χ2v) is 4.85. The first kappa shape index (κ1) is 11.7. The summed E-state index contributed by atoms with van der Waals surface area (Å²) >= 11 is 0. The van der Waals surface area contributed by atoms with Gasteiger partial charge in [-0.3, -0.25) is 0 Å². The molecule has 2 atom stereocenters. The number of nitrogens with zero attached hydrogens (tertiary/aromatic N) is 1. The molecule has 0 spiro atoms. The zero-order valence-corrected chi connectivity index (χ0v) is 9.84. The zero-order valence-electron chi connectivity index (χ0n) is 9.84. The van der Waals surface area contributed by atoms with E-state index in [9.17, 15) is 0 Å². The molecule has 1 heteroatoms. The Morgan fingerprint density at radius 3 is 2.43 bits per heavy atom. The van der Waals surface area contributed by atoms with Crippen LogP contribution < -0.4 is 0 Å². The maximum Gasteiger partial charge on any atom is 0.0415 e. The SMILES string of the molecule is C=NCC(C1CCCCC1)[C@H](C)CC. The van der Waals surface area contributed by atoms with E-state index in [-0.39, 0.29) is 0 Å². The highest BCUT2D eigenvalue weighted by Crippen LogP contribution is 2.35. The van der Waals surface area contributed by atoms with Crippen LogP contribution in [0.2, 0.25) is 0 Å². The Morgan fingerprint density at radius 1 is 1.29 bits per heavy atom. The van der Waals surface area contributed by atoms with Crippen LogP contribution in [0.3, 0.4) is 0 Å². The smallest absolute Gasteiger partial charge is 0.0415 e. The summed E-state index contributed by atoms with van der Waals surface area (Å²) in [6.07, 6.45) is 8.49. The molecule has 0 aliphatic heterocycles. The van der Waals surface area contributed by atoms with Gasteiger partial charge < -0.3 is 4.99 Å². The van der Waals surface area contributed by atoms with Gasteiger partial charge in [0.25, 0.3) is 0 Å². The number of hydrogen-bond acceptors (Lipinski definition) is 1. The third kappa shape index (κ3) is 3.11. The van der Waals surface area contributed by atoms with Crippen LogP contribution in [0.5, 0.6) is 0 Å². The van der Waals surface area contributed by atoms with Crippen LogP contribution in [0.4, 0.5) is 0 Å². The summed E-state index contributed by atoms with van der Waals surface area (Å²) in [6.45, 7) is 9.32. The number of aliphatic imine (C=N–C) groups is 1. The molecule has 0 N–H and O–H groups in total. The Kier molecular flexibility index (Phi) is 5.21. The minimum Gasteiger partial charge on any atom is -0.301 e. The Labute approximate surface area is 89.0 Å². The van der Waals surface area contributed by atoms with Crippen LogP contribution in [0, 0.1) is 17.8 Å². The molecule has 0 bridgehead atoms. The Morgan fingerprint density at radius 2 is 1.93 bits per heavy atom. The summed E-state index contributed by atoms with van der Waals surface area (Å²) in [5.41, 5.74) is 0. The van der Waals surface area contributed by atoms with Gasteiger partial charge in [0.15, 0.2) is 0 Å². The van der Waals surface area contributed by atoms with Gasteiger partial charge in [-0.05, 0) is 24.5 Å². The van der Waals surface area contributed by atoms with E-state index in [1.165, 1.54) is 38.5 Å². The first-order chi connectivity index (χ1) is 6.79. The Hall–Kier alpha value is -0.330. The van der Waals surface area contributed by atoms with Gasteiger partial charge in [-0.25, -0.2) is 0 Å². The van der Waals surface area contributed by atoms with Crippen LogP contribution in [0.25, 0.3) is 0 Å². The summed E-state index contributed by atoms with van der Waals surface area (Å²) in [4.78, 5) is 4.13. The highest BCUT2D eigenvalue weighted by atomic mass is 14.7. The van der Waals surface area contributed by atoms with Crippen molar-refractivity contribution in [3.8, 4) is 0 Å². The molecule has 1 saturated carbocycles. The van der Waals surface area contributed by atoms with Gasteiger partial charge in [-0.15, -0.1) is 0 Å². The molecular weight excluding hydrogens is 170 g/mol. The molecule has 82 valence electrons. The molecule has 0 aromatic carbocycles. The fourth-order valence-corrected chi connectivity index (χ4v) is 2.81. The summed E-state index contributed by atoms with van der Waals surface area (Å²) < 4.78 is 0. The minimum absolute atomic E-state index is 0.804. The average Bonchev–Trinajstić information content (AvgIpc) is 2.26. The van der Waals surface area contributed by atoms with Gasteiger partial charge in [0.05, 0.1) is 0 Å². The normalized spacial score (nSPS) is 23.0. The molecule has 1 unspecified atom stereocenters. The lowest BCUT2D eigenvalue weighted by atomic mass is 9.74. The van der Waals surface area contributed by atoms with Gasteiger partial charge in [0, 0.05) is 6.54 Å². The fraction of sp³-hybridized carbons (Fsp3) is 0.923. The lowest BCUT2D eigenvalue weighted by molar-refractivity contribution is 0.190. The summed E-state index contributed by atoms with van der Waals surface area (Å²) in [6, 6.07) is 0. The van der Waals surface area contributed by atoms with Crippen molar-refractivity contribution < 1.29 is 0 Å². The second kappa shape index (κ2) is 6.21. The maximum atomic E-state index is 4.13. The third-order valence-electron chi connectivity index (χ3n) is 3.97. The molecule has 1 aliphatic carbocycles. The van der Waals surface area contributed by atoms with Crippen molar-refractivity contribution in [3.05, 3.63) is 0 Å². The molecule has 0 aromatic rings. The van der Waals surface area contributed by atoms with Gasteiger partial charge in [0.2, 0.25) is 0 Å². The predicted octanol–water partition coefficient (Wildman–Crippen LogP) is 3.93. The van der Waals surface area contributed by atoms with Crippen molar-refractivity contribution in [2.24, 2.45) is 22.7 Å². The van der Waals surface area contributed by atoms with Crippen molar-refractivity contribution in [1.29, 1.82) is 0 Å². The van der Waals surface area contributed by atoms with E-state index in [1.54, 1.807) is 0 Å². The molecule has 14 heavy (non-hydrogen) atoms. The Balaban J connectivity index is 2.50. The first-order valence-corrected chi connectivity index (χ1v) is 6.22. The van der Waals surface area contributed by atoms with Crippen molar-refractivity contribution in [3.63, 3.8) is 0 Å². The van der Waals surface area contributed by atoms with Gasteiger partial charge in [0.1, 0.15) is 0 Å². The quantitative estimate of drug-likeness (QED) is 0.589. The predicted molar refractivity (Wildman–Crippen MR) is 63.9 cm³/mol.